The van der Waals surface area contributed by atoms with Gasteiger partial charge in [-0.25, -0.2) is 13.2 Å². The number of hydrogen-bond acceptors (Lipinski definition) is 3. The van der Waals surface area contributed by atoms with E-state index in [0.29, 0.717) is 0 Å². The molecule has 238 valence electrons. The highest BCUT2D eigenvalue weighted by Gasteiger charge is 2.73. The number of carbonyl (C=O) groups excluding carboxylic acids is 2. The molecule has 3 aromatic rings. The van der Waals surface area contributed by atoms with Crippen LogP contribution in [0.25, 0.3) is 0 Å². The van der Waals surface area contributed by atoms with Crippen LogP contribution in [0, 0.1) is 12.7 Å². The van der Waals surface area contributed by atoms with E-state index < -0.39 is 87.9 Å². The zero-order chi connectivity index (χ0) is 33.4. The van der Waals surface area contributed by atoms with Crippen molar-refractivity contribution >= 4 is 17.4 Å². The molecule has 0 unspecified atom stereocenters. The summed E-state index contributed by atoms with van der Waals surface area (Å²) >= 11 is 0. The monoisotopic (exact) mass is 641 g/mol. The van der Waals surface area contributed by atoms with Crippen molar-refractivity contribution in [2.75, 3.05) is 5.32 Å². The van der Waals surface area contributed by atoms with Crippen molar-refractivity contribution in [1.82, 2.24) is 0 Å². The summed E-state index contributed by atoms with van der Waals surface area (Å²) in [6.45, 7) is -0.417. The molecule has 0 saturated heterocycles. The maximum Gasteiger partial charge on any atom is 0.435 e. The molecule has 1 amide bonds. The molecule has 0 spiro atoms. The molecule has 0 aromatic heterocycles. The van der Waals surface area contributed by atoms with E-state index in [1.807, 2.05) is 0 Å². The number of ketones is 1. The van der Waals surface area contributed by atoms with Gasteiger partial charge >= 0.3 is 24.6 Å². The van der Waals surface area contributed by atoms with Gasteiger partial charge in [-0.1, -0.05) is 24.3 Å². The van der Waals surface area contributed by atoms with Gasteiger partial charge in [0.15, 0.2) is 11.6 Å². The van der Waals surface area contributed by atoms with E-state index >= 15 is 4.39 Å². The lowest BCUT2D eigenvalue weighted by Crippen LogP contribution is -2.50. The van der Waals surface area contributed by atoms with Gasteiger partial charge in [0.25, 0.3) is 5.91 Å². The molecule has 3 rings (SSSR count). The molecular formula is C29H22F11NO3. The molecule has 0 saturated carbocycles. The fourth-order valence-corrected chi connectivity index (χ4v) is 4.21. The normalized spacial score (nSPS) is 12.8. The van der Waals surface area contributed by atoms with E-state index in [2.05, 4.69) is 10.1 Å². The van der Waals surface area contributed by atoms with E-state index in [1.54, 1.807) is 0 Å². The highest BCUT2D eigenvalue weighted by Crippen LogP contribution is 2.54. The van der Waals surface area contributed by atoms with E-state index in [-0.39, 0.29) is 23.3 Å². The molecule has 0 fully saturated rings. The van der Waals surface area contributed by atoms with Gasteiger partial charge in [0, 0.05) is 23.1 Å². The molecule has 44 heavy (non-hydrogen) atoms. The van der Waals surface area contributed by atoms with Crippen LogP contribution in [0.1, 0.15) is 56.8 Å². The predicted molar refractivity (Wildman–Crippen MR) is 136 cm³/mol. The third kappa shape index (κ3) is 6.97. The molecular weight excluding hydrogens is 619 g/mol. The van der Waals surface area contributed by atoms with Crippen LogP contribution in [0.5, 0.6) is 5.75 Å². The molecule has 0 atom stereocenters. The summed E-state index contributed by atoms with van der Waals surface area (Å²) in [4.78, 5) is 25.6. The largest absolute Gasteiger partial charge is 0.435 e. The Labute approximate surface area is 242 Å². The minimum atomic E-state index is -6.56. The molecule has 0 aliphatic carbocycles. The van der Waals surface area contributed by atoms with Crippen molar-refractivity contribution in [3.05, 3.63) is 93.8 Å². The first kappa shape index (κ1) is 34.3. The Hall–Kier alpha value is -4.17. The lowest BCUT2D eigenvalue weighted by molar-refractivity contribution is -0.348. The van der Waals surface area contributed by atoms with Crippen LogP contribution in [0.4, 0.5) is 54.0 Å². The number of anilines is 1. The minimum absolute atomic E-state index is 0.0136. The highest BCUT2D eigenvalue weighted by atomic mass is 19.4. The van der Waals surface area contributed by atoms with Crippen LogP contribution in [0.3, 0.4) is 0 Å². The van der Waals surface area contributed by atoms with Crippen LogP contribution >= 0.6 is 0 Å². The fraction of sp³-hybridized carbons (Fsp3) is 0.310. The average molecular weight is 641 g/mol. The highest BCUT2D eigenvalue weighted by molar-refractivity contribution is 6.05. The lowest BCUT2D eigenvalue weighted by Gasteiger charge is -2.31. The Bertz CT molecular complexity index is 1530. The summed E-state index contributed by atoms with van der Waals surface area (Å²) in [6.07, 6.45) is -14.2. The van der Waals surface area contributed by atoms with Gasteiger partial charge in [-0.3, -0.25) is 9.59 Å². The summed E-state index contributed by atoms with van der Waals surface area (Å²) < 4.78 is 154. The zero-order valence-electron chi connectivity index (χ0n) is 22.9. The van der Waals surface area contributed by atoms with Gasteiger partial charge < -0.3 is 10.1 Å². The maximum absolute atomic E-state index is 15.3. The van der Waals surface area contributed by atoms with Gasteiger partial charge in [-0.15, -0.1) is 0 Å². The number of ether oxygens (including phenoxy) is 1. The zero-order valence-corrected chi connectivity index (χ0v) is 22.9. The summed E-state index contributed by atoms with van der Waals surface area (Å²) in [5.41, 5.74) is -12.2. The molecule has 0 aliphatic rings. The summed E-state index contributed by atoms with van der Waals surface area (Å²) in [5.74, 6) is -4.75. The van der Waals surface area contributed by atoms with Crippen molar-refractivity contribution in [3.63, 3.8) is 0 Å². The topological polar surface area (TPSA) is 55.4 Å². The number of amides is 1. The second kappa shape index (κ2) is 12.1. The van der Waals surface area contributed by atoms with Crippen molar-refractivity contribution in [2.24, 2.45) is 0 Å². The van der Waals surface area contributed by atoms with Crippen molar-refractivity contribution in [3.8, 4) is 5.75 Å². The Morgan fingerprint density at radius 2 is 1.41 bits per heavy atom. The predicted octanol–water partition coefficient (Wildman–Crippen LogP) is 8.91. The maximum atomic E-state index is 15.3. The van der Waals surface area contributed by atoms with Crippen LogP contribution < -0.4 is 10.1 Å². The van der Waals surface area contributed by atoms with Crippen LogP contribution in [-0.4, -0.2) is 30.7 Å². The Kier molecular flexibility index (Phi) is 9.42. The molecule has 0 heterocycles. The molecule has 3 aromatic carbocycles. The van der Waals surface area contributed by atoms with Gasteiger partial charge in [0.2, 0.25) is 0 Å². The van der Waals surface area contributed by atoms with Crippen molar-refractivity contribution in [2.45, 2.75) is 57.5 Å². The van der Waals surface area contributed by atoms with Gasteiger partial charge in [-0.05, 0) is 62.2 Å². The third-order valence-corrected chi connectivity index (χ3v) is 6.55. The number of alkyl halides is 10. The smallest absolute Gasteiger partial charge is 0.435 e. The molecule has 15 heteroatoms. The number of halogens is 11. The van der Waals surface area contributed by atoms with Crippen LogP contribution in [0.15, 0.2) is 54.6 Å². The molecule has 0 aliphatic heterocycles. The van der Waals surface area contributed by atoms with Crippen LogP contribution in [-0.2, 0) is 17.8 Å². The number of hydrogen-bond donors (Lipinski definition) is 1. The van der Waals surface area contributed by atoms with E-state index in [9.17, 15) is 53.5 Å². The number of benzene rings is 3. The molecule has 1 N–H and O–H groups in total. The first-order valence-corrected chi connectivity index (χ1v) is 12.4. The van der Waals surface area contributed by atoms with E-state index in [1.165, 1.54) is 38.1 Å². The third-order valence-electron chi connectivity index (χ3n) is 6.55. The van der Waals surface area contributed by atoms with Gasteiger partial charge in [0.05, 0.1) is 11.3 Å². The Balaban J connectivity index is 1.97. The van der Waals surface area contributed by atoms with Crippen LogP contribution in [0.2, 0.25) is 0 Å². The molecule has 0 radical (unpaired) electrons. The van der Waals surface area contributed by atoms with E-state index in [4.69, 9.17) is 0 Å². The number of carbonyl (C=O) groups is 2. The number of aryl methyl sites for hydroxylation is 1. The minimum Gasteiger partial charge on any atom is -0.435 e. The lowest BCUT2D eigenvalue weighted by atomic mass is 9.89. The number of Topliss-reactive ketones (excluding diaryl/α,β-unsaturated/α-hetero) is 1. The second-order valence-corrected chi connectivity index (χ2v) is 10.1. The summed E-state index contributed by atoms with van der Waals surface area (Å²) in [7, 11) is 0. The number of nitrogens with one attached hydrogen (secondary N) is 1. The quantitative estimate of drug-likeness (QED) is 0.188. The Morgan fingerprint density at radius 3 is 1.91 bits per heavy atom. The summed E-state index contributed by atoms with van der Waals surface area (Å²) in [6, 6.07) is 8.11. The fourth-order valence-electron chi connectivity index (χ4n) is 4.21. The first-order chi connectivity index (χ1) is 20.1. The first-order valence-electron chi connectivity index (χ1n) is 12.4. The molecule has 0 bridgehead atoms. The van der Waals surface area contributed by atoms with Gasteiger partial charge in [-0.2, -0.15) is 35.1 Å². The average Bonchev–Trinajstić information content (AvgIpc) is 2.89. The molecule has 4 nitrogen and oxygen atoms in total. The SMILES string of the molecule is Cc1cc(C(F)(C(F)(F)F)C(F)(F)F)cc(OC(F)F)c1CC(=O)c1cccc(NC(=O)c2ccc(C(C)(C)F)cc2)c1F. The second-order valence-electron chi connectivity index (χ2n) is 10.1. The van der Waals surface area contributed by atoms with Crippen molar-refractivity contribution in [1.29, 1.82) is 0 Å². The standard InChI is InChI=1S/C29H22F11NO3/c1-14-11-17(27(34,28(35,36)37)29(38,39)40)12-22(44-25(31)32)19(14)13-21(42)18-5-4-6-20(23(18)30)41-24(43)15-7-9-16(10-8-15)26(2,3)33/h4-12,25H,13H2,1-3H3,(H,41,43). The number of rotatable bonds is 9. The Morgan fingerprint density at radius 1 is 0.841 bits per heavy atom. The van der Waals surface area contributed by atoms with Crippen molar-refractivity contribution < 1.29 is 62.6 Å². The summed E-state index contributed by atoms with van der Waals surface area (Å²) in [5, 5.41) is 2.21. The van der Waals surface area contributed by atoms with Gasteiger partial charge in [0.1, 0.15) is 11.4 Å². The van der Waals surface area contributed by atoms with E-state index in [0.717, 1.165) is 25.1 Å².